The van der Waals surface area contributed by atoms with Crippen LogP contribution in [-0.2, 0) is 38.7 Å². The number of ether oxygens (including phenoxy) is 3. The second-order valence-corrected chi connectivity index (χ2v) is 8.20. The molecule has 1 N–H and O–H groups in total. The van der Waals surface area contributed by atoms with E-state index in [1.807, 2.05) is 0 Å². The van der Waals surface area contributed by atoms with Crippen molar-refractivity contribution in [1.82, 2.24) is 0 Å². The number of hydrogen-bond donors (Lipinski definition) is 1. The summed E-state index contributed by atoms with van der Waals surface area (Å²) < 4.78 is 72.1. The van der Waals surface area contributed by atoms with E-state index in [4.69, 9.17) is 14.0 Å². The van der Waals surface area contributed by atoms with E-state index in [-0.39, 0.29) is 0 Å². The summed E-state index contributed by atoms with van der Waals surface area (Å²) in [6, 6.07) is 0. The normalized spacial score (nSPS) is 36.6. The summed E-state index contributed by atoms with van der Waals surface area (Å²) >= 11 is 0. The molecule has 2 bridgehead atoms. The molecule has 0 amide bonds. The van der Waals surface area contributed by atoms with Gasteiger partial charge in [-0.3, -0.25) is 18.9 Å². The van der Waals surface area contributed by atoms with Crippen molar-refractivity contribution in [3.05, 3.63) is 0 Å². The Kier molecular flexibility index (Phi) is 4.26. The molecule has 7 atom stereocenters. The Bertz CT molecular complexity index is 764. The first kappa shape index (κ1) is 19.0. The highest BCUT2D eigenvalue weighted by Gasteiger charge is 2.70. The second kappa shape index (κ2) is 5.84. The molecule has 7 unspecified atom stereocenters. The summed E-state index contributed by atoms with van der Waals surface area (Å²) in [5, 5.41) is -4.71. The predicted molar refractivity (Wildman–Crippen MR) is 76.1 cm³/mol. The highest BCUT2D eigenvalue weighted by Crippen LogP contribution is 2.59. The largest absolute Gasteiger partial charge is 0.458 e. The van der Waals surface area contributed by atoms with Gasteiger partial charge in [0.25, 0.3) is 0 Å². The van der Waals surface area contributed by atoms with Gasteiger partial charge in [-0.1, -0.05) is 0 Å². The zero-order valence-corrected chi connectivity index (χ0v) is 14.4. The Hall–Kier alpha value is -1.82. The van der Waals surface area contributed by atoms with Crippen LogP contribution in [-0.4, -0.2) is 54.4 Å². The molecule has 12 heteroatoms. The van der Waals surface area contributed by atoms with Crippen LogP contribution in [0.5, 0.6) is 0 Å². The van der Waals surface area contributed by atoms with Gasteiger partial charge in [-0.05, 0) is 13.3 Å². The maximum atomic E-state index is 13.6. The lowest BCUT2D eigenvalue weighted by Gasteiger charge is -2.31. The van der Waals surface area contributed by atoms with Crippen molar-refractivity contribution in [3.8, 4) is 0 Å². The van der Waals surface area contributed by atoms with Gasteiger partial charge in [-0.15, -0.1) is 0 Å². The molecule has 2 aliphatic carbocycles. The summed E-state index contributed by atoms with van der Waals surface area (Å²) in [5.74, 6) is -5.79. The summed E-state index contributed by atoms with van der Waals surface area (Å²) in [7, 11) is -5.80. The average molecular weight is 398 g/mol. The van der Waals surface area contributed by atoms with Crippen LogP contribution >= 0.6 is 0 Å². The zero-order valence-electron chi connectivity index (χ0n) is 13.6. The molecule has 1 aliphatic heterocycles. The Labute approximate surface area is 146 Å². The van der Waals surface area contributed by atoms with Crippen molar-refractivity contribution < 1.29 is 50.3 Å². The third-order valence-electron chi connectivity index (χ3n) is 5.23. The Morgan fingerprint density at radius 2 is 1.96 bits per heavy atom. The van der Waals surface area contributed by atoms with E-state index in [1.54, 1.807) is 0 Å². The van der Waals surface area contributed by atoms with Gasteiger partial charge in [0.15, 0.2) is 6.10 Å². The molecule has 1 heterocycles. The second-order valence-electron chi connectivity index (χ2n) is 6.71. The number of rotatable bonds is 5. The van der Waals surface area contributed by atoms with Crippen LogP contribution < -0.4 is 0 Å². The molecule has 0 radical (unpaired) electrons. The topological polar surface area (TPSA) is 133 Å². The molecule has 0 aromatic carbocycles. The third kappa shape index (κ3) is 2.66. The van der Waals surface area contributed by atoms with E-state index in [1.165, 1.54) is 0 Å². The van der Waals surface area contributed by atoms with E-state index < -0.39 is 75.3 Å². The lowest BCUT2D eigenvalue weighted by Crippen LogP contribution is -2.47. The summed E-state index contributed by atoms with van der Waals surface area (Å²) in [4.78, 5) is 35.7. The molecule has 9 nitrogen and oxygen atoms in total. The van der Waals surface area contributed by atoms with E-state index >= 15 is 0 Å². The van der Waals surface area contributed by atoms with Crippen LogP contribution in [0.1, 0.15) is 20.3 Å². The molecule has 3 fully saturated rings. The molecule has 2 saturated carbocycles. The number of carbonyl (C=O) groups is 3. The lowest BCUT2D eigenvalue weighted by molar-refractivity contribution is -0.173. The number of esters is 3. The summed E-state index contributed by atoms with van der Waals surface area (Å²) in [6.45, 7) is 1.75. The zero-order chi connectivity index (χ0) is 19.6. The van der Waals surface area contributed by atoms with Gasteiger partial charge in [-0.2, -0.15) is 17.2 Å². The monoisotopic (exact) mass is 398 g/mol. The molecule has 26 heavy (non-hydrogen) atoms. The minimum absolute atomic E-state index is 0.307. The van der Waals surface area contributed by atoms with Crippen LogP contribution in [0.3, 0.4) is 0 Å². The molecular weight excluding hydrogens is 382 g/mol. The number of halogens is 2. The first-order valence-corrected chi connectivity index (χ1v) is 9.23. The molecule has 3 rings (SSSR count). The van der Waals surface area contributed by atoms with Gasteiger partial charge in [0, 0.05) is 18.8 Å². The fourth-order valence-corrected chi connectivity index (χ4v) is 4.66. The van der Waals surface area contributed by atoms with Crippen molar-refractivity contribution >= 4 is 28.0 Å². The van der Waals surface area contributed by atoms with Gasteiger partial charge >= 0.3 is 33.3 Å². The van der Waals surface area contributed by atoms with Gasteiger partial charge in [0.1, 0.15) is 12.2 Å². The van der Waals surface area contributed by atoms with Gasteiger partial charge in [0.05, 0.1) is 11.8 Å². The fourth-order valence-electron chi connectivity index (χ4n) is 4.19. The molecule has 1 saturated heterocycles. The van der Waals surface area contributed by atoms with E-state index in [0.717, 1.165) is 6.92 Å². The van der Waals surface area contributed by atoms with Crippen molar-refractivity contribution in [3.63, 3.8) is 0 Å². The Morgan fingerprint density at radius 1 is 1.35 bits per heavy atom. The quantitative estimate of drug-likeness (QED) is 0.390. The van der Waals surface area contributed by atoms with Gasteiger partial charge in [0.2, 0.25) is 0 Å². The minimum atomic E-state index is -5.80. The maximum absolute atomic E-state index is 13.6. The SMILES string of the molecule is CC(=O)OC1C2CC3C1OC(=O)C3C2C(=O)OC(C)C(F)(F)S(=O)(=O)O. The van der Waals surface area contributed by atoms with Crippen molar-refractivity contribution in [1.29, 1.82) is 0 Å². The first-order valence-electron chi connectivity index (χ1n) is 7.79. The van der Waals surface area contributed by atoms with Crippen LogP contribution in [0.2, 0.25) is 0 Å². The third-order valence-corrected chi connectivity index (χ3v) is 6.25. The number of alkyl halides is 2. The van der Waals surface area contributed by atoms with Crippen LogP contribution in [0.4, 0.5) is 8.78 Å². The first-order chi connectivity index (χ1) is 11.9. The Morgan fingerprint density at radius 3 is 2.50 bits per heavy atom. The van der Waals surface area contributed by atoms with E-state index in [0.29, 0.717) is 13.3 Å². The van der Waals surface area contributed by atoms with E-state index in [2.05, 4.69) is 4.74 Å². The van der Waals surface area contributed by atoms with Gasteiger partial charge in [-0.25, -0.2) is 0 Å². The highest BCUT2D eigenvalue weighted by atomic mass is 32.2. The van der Waals surface area contributed by atoms with Crippen LogP contribution in [0.15, 0.2) is 0 Å². The van der Waals surface area contributed by atoms with Crippen molar-refractivity contribution in [2.45, 2.75) is 43.8 Å². The molecule has 3 aliphatic rings. The highest BCUT2D eigenvalue weighted by molar-refractivity contribution is 7.86. The fraction of sp³-hybridized carbons (Fsp3) is 0.786. The smallest absolute Gasteiger partial charge is 0.405 e. The summed E-state index contributed by atoms with van der Waals surface area (Å²) in [5.41, 5.74) is 0. The number of fused-ring (bicyclic) bond motifs is 1. The predicted octanol–water partition coefficient (Wildman–Crippen LogP) is 0.138. The molecule has 0 aromatic rings. The molecule has 0 spiro atoms. The minimum Gasteiger partial charge on any atom is -0.458 e. The van der Waals surface area contributed by atoms with Gasteiger partial charge < -0.3 is 14.2 Å². The Balaban J connectivity index is 1.81. The standard InChI is InChI=1S/C14H16F2O9S/c1-4(14(15,16)26(20,21)22)23-12(18)8-6-3-7-9(8)13(19)25-11(7)10(6)24-5(2)17/h4,6-11H,3H2,1-2H3,(H,20,21,22). The number of carbonyl (C=O) groups excluding carboxylic acids is 3. The van der Waals surface area contributed by atoms with E-state index in [9.17, 15) is 31.6 Å². The van der Waals surface area contributed by atoms with Crippen molar-refractivity contribution in [2.75, 3.05) is 0 Å². The lowest BCUT2D eigenvalue weighted by atomic mass is 9.78. The average Bonchev–Trinajstić information content (AvgIpc) is 3.08. The molecule has 0 aromatic heterocycles. The molecular formula is C14H16F2O9S. The maximum Gasteiger partial charge on any atom is 0.405 e. The van der Waals surface area contributed by atoms with Crippen LogP contribution in [0.25, 0.3) is 0 Å². The van der Waals surface area contributed by atoms with Crippen molar-refractivity contribution in [2.24, 2.45) is 23.7 Å². The molecule has 146 valence electrons. The number of hydrogen-bond acceptors (Lipinski definition) is 8. The van der Waals surface area contributed by atoms with Crippen LogP contribution in [0, 0.1) is 23.7 Å². The summed E-state index contributed by atoms with van der Waals surface area (Å²) in [6.07, 6.45) is -3.76.